The summed E-state index contributed by atoms with van der Waals surface area (Å²) in [6, 6.07) is 11.3. The lowest BCUT2D eigenvalue weighted by atomic mass is 9.97. The highest BCUT2D eigenvalue weighted by molar-refractivity contribution is 5.66. The summed E-state index contributed by atoms with van der Waals surface area (Å²) in [7, 11) is 0. The minimum absolute atomic E-state index is 0.296. The molecule has 0 amide bonds. The fourth-order valence-electron chi connectivity index (χ4n) is 2.97. The van der Waals surface area contributed by atoms with Gasteiger partial charge in [0.25, 0.3) is 0 Å². The average Bonchev–Trinajstić information content (AvgIpc) is 2.77. The molecule has 2 atom stereocenters. The van der Waals surface area contributed by atoms with Crippen molar-refractivity contribution in [1.29, 1.82) is 0 Å². The fraction of sp³-hybridized carbons (Fsp3) is 0.562. The minimum atomic E-state index is -0.684. The second-order valence-corrected chi connectivity index (χ2v) is 5.54. The van der Waals surface area contributed by atoms with Crippen molar-refractivity contribution < 1.29 is 9.90 Å². The Bertz CT molecular complexity index is 404. The van der Waals surface area contributed by atoms with Gasteiger partial charge in [0.1, 0.15) is 0 Å². The van der Waals surface area contributed by atoms with Gasteiger partial charge < -0.3 is 10.0 Å². The van der Waals surface area contributed by atoms with Crippen molar-refractivity contribution in [1.82, 2.24) is 4.90 Å². The third-order valence-electron chi connectivity index (χ3n) is 4.06. The molecule has 3 nitrogen and oxygen atoms in total. The smallest absolute Gasteiger partial charge is 0.303 e. The Labute approximate surface area is 115 Å². The van der Waals surface area contributed by atoms with Gasteiger partial charge in [0.15, 0.2) is 0 Å². The van der Waals surface area contributed by atoms with Gasteiger partial charge in [0.2, 0.25) is 0 Å². The molecule has 3 heteroatoms. The predicted molar refractivity (Wildman–Crippen MR) is 76.3 cm³/mol. The monoisotopic (exact) mass is 261 g/mol. The van der Waals surface area contributed by atoms with Crippen molar-refractivity contribution in [3.63, 3.8) is 0 Å². The molecule has 0 aromatic heterocycles. The highest BCUT2D eigenvalue weighted by Crippen LogP contribution is 2.31. The van der Waals surface area contributed by atoms with Crippen LogP contribution in [0, 0.1) is 0 Å². The molecule has 0 spiro atoms. The summed E-state index contributed by atoms with van der Waals surface area (Å²) in [6.07, 6.45) is 3.28. The van der Waals surface area contributed by atoms with Crippen molar-refractivity contribution >= 4 is 5.97 Å². The number of hydrogen-bond donors (Lipinski definition) is 1. The van der Waals surface area contributed by atoms with Crippen LogP contribution < -0.4 is 0 Å². The number of likely N-dealkylation sites (tertiary alicyclic amines) is 1. The first-order valence-electron chi connectivity index (χ1n) is 7.17. The van der Waals surface area contributed by atoms with E-state index in [0.717, 1.165) is 25.9 Å². The summed E-state index contributed by atoms with van der Waals surface area (Å²) in [4.78, 5) is 13.0. The Balaban J connectivity index is 1.79. The third kappa shape index (κ3) is 4.06. The summed E-state index contributed by atoms with van der Waals surface area (Å²) < 4.78 is 0. The molecule has 1 heterocycles. The van der Waals surface area contributed by atoms with Crippen LogP contribution in [-0.4, -0.2) is 35.1 Å². The van der Waals surface area contributed by atoms with Crippen LogP contribution in [-0.2, 0) is 4.79 Å². The van der Waals surface area contributed by atoms with Crippen molar-refractivity contribution in [2.45, 2.75) is 44.6 Å². The van der Waals surface area contributed by atoms with Gasteiger partial charge in [-0.25, -0.2) is 0 Å². The fourth-order valence-corrected chi connectivity index (χ4v) is 2.97. The van der Waals surface area contributed by atoms with Gasteiger partial charge in [-0.2, -0.15) is 0 Å². The number of benzene rings is 1. The Morgan fingerprint density at radius 1 is 1.32 bits per heavy atom. The molecule has 2 unspecified atom stereocenters. The standard InChI is InChI=1S/C16H23NO2/c1-13-11-15(14-7-3-2-4-8-14)12-17(13)10-6-5-9-16(18)19/h2-4,7-8,13,15H,5-6,9-12H2,1H3,(H,18,19). The van der Waals surface area contributed by atoms with Crippen LogP contribution in [0.4, 0.5) is 0 Å². The molecule has 1 fully saturated rings. The van der Waals surface area contributed by atoms with Gasteiger partial charge in [-0.1, -0.05) is 30.3 Å². The molecule has 0 radical (unpaired) electrons. The molecule has 2 rings (SSSR count). The van der Waals surface area contributed by atoms with Crippen LogP contribution in [0.1, 0.15) is 44.1 Å². The number of aliphatic carboxylic acids is 1. The predicted octanol–water partition coefficient (Wildman–Crippen LogP) is 3.12. The molecule has 1 saturated heterocycles. The summed E-state index contributed by atoms with van der Waals surface area (Å²) >= 11 is 0. The maximum absolute atomic E-state index is 10.5. The maximum Gasteiger partial charge on any atom is 0.303 e. The van der Waals surface area contributed by atoms with Gasteiger partial charge in [0, 0.05) is 19.0 Å². The normalized spacial score (nSPS) is 23.6. The number of carboxylic acid groups (broad SMARTS) is 1. The zero-order valence-corrected chi connectivity index (χ0v) is 11.6. The number of nitrogens with zero attached hydrogens (tertiary/aromatic N) is 1. The van der Waals surface area contributed by atoms with Crippen LogP contribution in [0.2, 0.25) is 0 Å². The van der Waals surface area contributed by atoms with E-state index in [1.54, 1.807) is 0 Å². The highest BCUT2D eigenvalue weighted by atomic mass is 16.4. The van der Waals surface area contributed by atoms with E-state index in [4.69, 9.17) is 5.11 Å². The van der Waals surface area contributed by atoms with Crippen molar-refractivity contribution in [3.05, 3.63) is 35.9 Å². The Morgan fingerprint density at radius 3 is 2.74 bits per heavy atom. The van der Waals surface area contributed by atoms with E-state index >= 15 is 0 Å². The molecule has 0 bridgehead atoms. The molecular weight excluding hydrogens is 238 g/mol. The summed E-state index contributed by atoms with van der Waals surface area (Å²) in [5.41, 5.74) is 1.43. The number of rotatable bonds is 6. The van der Waals surface area contributed by atoms with Crippen LogP contribution in [0.5, 0.6) is 0 Å². The van der Waals surface area contributed by atoms with Crippen molar-refractivity contribution in [2.24, 2.45) is 0 Å². The molecule has 1 aromatic rings. The van der Waals surface area contributed by atoms with E-state index in [1.165, 1.54) is 12.0 Å². The molecule has 1 N–H and O–H groups in total. The van der Waals surface area contributed by atoms with Crippen molar-refractivity contribution in [2.75, 3.05) is 13.1 Å². The van der Waals surface area contributed by atoms with E-state index < -0.39 is 5.97 Å². The van der Waals surface area contributed by atoms with E-state index in [0.29, 0.717) is 18.4 Å². The zero-order chi connectivity index (χ0) is 13.7. The van der Waals surface area contributed by atoms with E-state index in [2.05, 4.69) is 42.2 Å². The van der Waals surface area contributed by atoms with Gasteiger partial charge in [0.05, 0.1) is 0 Å². The third-order valence-corrected chi connectivity index (χ3v) is 4.06. The topological polar surface area (TPSA) is 40.5 Å². The number of carbonyl (C=O) groups is 1. The molecular formula is C16H23NO2. The molecule has 1 aliphatic rings. The molecule has 1 aromatic carbocycles. The first-order valence-corrected chi connectivity index (χ1v) is 7.17. The van der Waals surface area contributed by atoms with Gasteiger partial charge in [-0.3, -0.25) is 4.79 Å². The first kappa shape index (κ1) is 14.1. The summed E-state index contributed by atoms with van der Waals surface area (Å²) in [5.74, 6) is -0.0488. The molecule has 104 valence electrons. The van der Waals surface area contributed by atoms with Crippen LogP contribution in [0.25, 0.3) is 0 Å². The minimum Gasteiger partial charge on any atom is -0.481 e. The first-order chi connectivity index (χ1) is 9.16. The summed E-state index contributed by atoms with van der Waals surface area (Å²) in [5, 5.41) is 8.63. The molecule has 19 heavy (non-hydrogen) atoms. The van der Waals surface area contributed by atoms with Crippen LogP contribution in [0.15, 0.2) is 30.3 Å². The Morgan fingerprint density at radius 2 is 2.05 bits per heavy atom. The molecule has 0 saturated carbocycles. The van der Waals surface area contributed by atoms with Crippen LogP contribution in [0.3, 0.4) is 0 Å². The summed E-state index contributed by atoms with van der Waals surface area (Å²) in [6.45, 7) is 4.41. The van der Waals surface area contributed by atoms with Gasteiger partial charge in [-0.15, -0.1) is 0 Å². The van der Waals surface area contributed by atoms with Crippen molar-refractivity contribution in [3.8, 4) is 0 Å². The zero-order valence-electron chi connectivity index (χ0n) is 11.6. The highest BCUT2D eigenvalue weighted by Gasteiger charge is 2.29. The van der Waals surface area contributed by atoms with Crippen LogP contribution >= 0.6 is 0 Å². The Kier molecular flexibility index (Phi) is 4.97. The van der Waals surface area contributed by atoms with Gasteiger partial charge in [-0.05, 0) is 44.2 Å². The maximum atomic E-state index is 10.5. The van der Waals surface area contributed by atoms with Gasteiger partial charge >= 0.3 is 5.97 Å². The number of unbranched alkanes of at least 4 members (excludes halogenated alkanes) is 1. The quantitative estimate of drug-likeness (QED) is 0.800. The average molecular weight is 261 g/mol. The second-order valence-electron chi connectivity index (χ2n) is 5.54. The Hall–Kier alpha value is -1.35. The number of carboxylic acids is 1. The lowest BCUT2D eigenvalue weighted by Crippen LogP contribution is -2.28. The molecule has 0 aliphatic carbocycles. The van der Waals surface area contributed by atoms with E-state index in [-0.39, 0.29) is 0 Å². The lowest BCUT2D eigenvalue weighted by molar-refractivity contribution is -0.137. The largest absolute Gasteiger partial charge is 0.481 e. The SMILES string of the molecule is CC1CC(c2ccccc2)CN1CCCCC(=O)O. The van der Waals surface area contributed by atoms with E-state index in [9.17, 15) is 4.79 Å². The number of hydrogen-bond acceptors (Lipinski definition) is 2. The second kappa shape index (κ2) is 6.71. The lowest BCUT2D eigenvalue weighted by Gasteiger charge is -2.20. The molecule has 1 aliphatic heterocycles. The van der Waals surface area contributed by atoms with E-state index in [1.807, 2.05) is 0 Å².